The standard InChI is InChI=1S/C22H20F2N2O5/c1-30-12-11-25-20(28)15-6-2-3-8-17(15)26-18(27)9-10-22(25,26)21(29)31-13-14-5-4-7-16(23)19(14)24/h2-8H,9-13H2,1H3. The average molecular weight is 430 g/mol. The van der Waals surface area contributed by atoms with Crippen LogP contribution in [0, 0.1) is 11.6 Å². The van der Waals surface area contributed by atoms with Gasteiger partial charge in [0.15, 0.2) is 11.6 Å². The second kappa shape index (κ2) is 8.07. The summed E-state index contributed by atoms with van der Waals surface area (Å²) in [6.45, 7) is -0.374. The Bertz CT molecular complexity index is 1060. The van der Waals surface area contributed by atoms with E-state index in [1.165, 1.54) is 29.0 Å². The Morgan fingerprint density at radius 1 is 1.13 bits per heavy atom. The molecule has 0 aliphatic carbocycles. The second-order valence-corrected chi connectivity index (χ2v) is 7.30. The number of amides is 2. The molecule has 2 aliphatic heterocycles. The zero-order chi connectivity index (χ0) is 22.2. The predicted molar refractivity (Wildman–Crippen MR) is 105 cm³/mol. The number of benzene rings is 2. The average Bonchev–Trinajstić information content (AvgIpc) is 3.13. The number of halogens is 2. The van der Waals surface area contributed by atoms with E-state index in [1.54, 1.807) is 24.3 Å². The van der Waals surface area contributed by atoms with Gasteiger partial charge in [-0.1, -0.05) is 24.3 Å². The number of methoxy groups -OCH3 is 1. The molecule has 1 saturated heterocycles. The highest BCUT2D eigenvalue weighted by molar-refractivity contribution is 6.15. The van der Waals surface area contributed by atoms with E-state index >= 15 is 0 Å². The van der Waals surface area contributed by atoms with Gasteiger partial charge in [0.05, 0.1) is 17.9 Å². The fraction of sp³-hybridized carbons (Fsp3) is 0.318. The molecule has 4 rings (SSSR count). The zero-order valence-corrected chi connectivity index (χ0v) is 16.8. The number of para-hydroxylation sites is 1. The summed E-state index contributed by atoms with van der Waals surface area (Å²) in [5, 5.41) is 0. The van der Waals surface area contributed by atoms with Gasteiger partial charge in [-0.05, 0) is 18.2 Å². The molecule has 0 spiro atoms. The van der Waals surface area contributed by atoms with Gasteiger partial charge in [0.2, 0.25) is 11.6 Å². The van der Waals surface area contributed by atoms with E-state index in [2.05, 4.69) is 0 Å². The Morgan fingerprint density at radius 3 is 2.68 bits per heavy atom. The molecule has 0 radical (unpaired) electrons. The normalized spacial score (nSPS) is 20.0. The molecule has 2 aromatic carbocycles. The van der Waals surface area contributed by atoms with Crippen LogP contribution in [0.15, 0.2) is 42.5 Å². The minimum atomic E-state index is -1.72. The molecule has 0 N–H and O–H groups in total. The van der Waals surface area contributed by atoms with Crippen molar-refractivity contribution in [3.05, 3.63) is 65.2 Å². The summed E-state index contributed by atoms with van der Waals surface area (Å²) in [5.74, 6) is -3.84. The van der Waals surface area contributed by atoms with E-state index in [-0.39, 0.29) is 43.0 Å². The Morgan fingerprint density at radius 2 is 1.90 bits per heavy atom. The Hall–Kier alpha value is -3.33. The molecule has 2 heterocycles. The number of fused-ring (bicyclic) bond motifs is 3. The molecule has 0 bridgehead atoms. The maximum absolute atomic E-state index is 14.0. The van der Waals surface area contributed by atoms with Gasteiger partial charge in [0.1, 0.15) is 6.61 Å². The van der Waals surface area contributed by atoms with Crippen LogP contribution >= 0.6 is 0 Å². The number of ether oxygens (including phenoxy) is 2. The Labute approximate surface area is 177 Å². The van der Waals surface area contributed by atoms with Crippen LogP contribution in [-0.2, 0) is 25.7 Å². The maximum atomic E-state index is 14.0. The first kappa shape index (κ1) is 20.9. The molecule has 1 unspecified atom stereocenters. The van der Waals surface area contributed by atoms with Crippen LogP contribution in [0.4, 0.5) is 14.5 Å². The van der Waals surface area contributed by atoms with Crippen LogP contribution in [0.2, 0.25) is 0 Å². The molecule has 9 heteroatoms. The van der Waals surface area contributed by atoms with Crippen LogP contribution < -0.4 is 4.90 Å². The lowest BCUT2D eigenvalue weighted by atomic mass is 9.96. The molecule has 1 atom stereocenters. The van der Waals surface area contributed by atoms with Crippen molar-refractivity contribution in [1.29, 1.82) is 0 Å². The molecular weight excluding hydrogens is 410 g/mol. The predicted octanol–water partition coefficient (Wildman–Crippen LogP) is 2.63. The Balaban J connectivity index is 1.74. The van der Waals surface area contributed by atoms with Crippen molar-refractivity contribution >= 4 is 23.5 Å². The topological polar surface area (TPSA) is 76.2 Å². The van der Waals surface area contributed by atoms with Crippen molar-refractivity contribution in [2.75, 3.05) is 25.2 Å². The minimum Gasteiger partial charge on any atom is -0.458 e. The molecule has 7 nitrogen and oxygen atoms in total. The van der Waals surface area contributed by atoms with Crippen LogP contribution in [0.25, 0.3) is 0 Å². The number of hydrogen-bond donors (Lipinski definition) is 0. The van der Waals surface area contributed by atoms with Crippen molar-refractivity contribution in [2.24, 2.45) is 0 Å². The summed E-state index contributed by atoms with van der Waals surface area (Å²) in [7, 11) is 1.46. The third-order valence-electron chi connectivity index (χ3n) is 5.61. The molecule has 0 aromatic heterocycles. The van der Waals surface area contributed by atoms with Crippen LogP contribution in [0.5, 0.6) is 0 Å². The monoisotopic (exact) mass is 430 g/mol. The summed E-state index contributed by atoms with van der Waals surface area (Å²) in [6, 6.07) is 10.1. The van der Waals surface area contributed by atoms with Gasteiger partial charge in [-0.2, -0.15) is 0 Å². The molecule has 0 saturated carbocycles. The molecule has 162 valence electrons. The molecule has 31 heavy (non-hydrogen) atoms. The summed E-state index contributed by atoms with van der Waals surface area (Å²) in [4.78, 5) is 42.0. The van der Waals surface area contributed by atoms with Crippen molar-refractivity contribution in [1.82, 2.24) is 4.90 Å². The SMILES string of the molecule is COCCN1C(=O)c2ccccc2N2C(=O)CCC12C(=O)OCc1cccc(F)c1F. The van der Waals surface area contributed by atoms with Crippen molar-refractivity contribution in [3.63, 3.8) is 0 Å². The summed E-state index contributed by atoms with van der Waals surface area (Å²) >= 11 is 0. The van der Waals surface area contributed by atoms with Gasteiger partial charge in [-0.15, -0.1) is 0 Å². The highest BCUT2D eigenvalue weighted by Crippen LogP contribution is 2.45. The molecule has 2 amide bonds. The quantitative estimate of drug-likeness (QED) is 0.659. The number of carbonyl (C=O) groups is 3. The molecule has 2 aromatic rings. The summed E-state index contributed by atoms with van der Waals surface area (Å²) < 4.78 is 38.0. The molecular formula is C22H20F2N2O5. The smallest absolute Gasteiger partial charge is 0.354 e. The molecule has 2 aliphatic rings. The van der Waals surface area contributed by atoms with E-state index in [0.717, 1.165) is 6.07 Å². The van der Waals surface area contributed by atoms with Crippen LogP contribution in [0.3, 0.4) is 0 Å². The minimum absolute atomic E-state index is 0.0140. The first-order valence-electron chi connectivity index (χ1n) is 9.75. The summed E-state index contributed by atoms with van der Waals surface area (Å²) in [5.41, 5.74) is -1.26. The van der Waals surface area contributed by atoms with Gasteiger partial charge in [0.25, 0.3) is 5.91 Å². The van der Waals surface area contributed by atoms with Gasteiger partial charge in [-0.25, -0.2) is 13.6 Å². The van der Waals surface area contributed by atoms with E-state index in [1.807, 2.05) is 0 Å². The first-order chi connectivity index (χ1) is 14.9. The number of esters is 1. The van der Waals surface area contributed by atoms with Gasteiger partial charge in [0, 0.05) is 32.1 Å². The number of hydrogen-bond acceptors (Lipinski definition) is 5. The van der Waals surface area contributed by atoms with Crippen LogP contribution in [-0.4, -0.2) is 48.6 Å². The van der Waals surface area contributed by atoms with Gasteiger partial charge in [-0.3, -0.25) is 14.5 Å². The van der Waals surface area contributed by atoms with E-state index in [0.29, 0.717) is 5.69 Å². The number of anilines is 1. The lowest BCUT2D eigenvalue weighted by molar-refractivity contribution is -0.159. The van der Waals surface area contributed by atoms with Gasteiger partial charge < -0.3 is 14.4 Å². The zero-order valence-electron chi connectivity index (χ0n) is 16.8. The number of nitrogens with zero attached hydrogens (tertiary/aromatic N) is 2. The lowest BCUT2D eigenvalue weighted by Gasteiger charge is -2.48. The molecule has 1 fully saturated rings. The largest absolute Gasteiger partial charge is 0.458 e. The second-order valence-electron chi connectivity index (χ2n) is 7.30. The number of rotatable bonds is 6. The highest BCUT2D eigenvalue weighted by Gasteiger charge is 2.61. The van der Waals surface area contributed by atoms with E-state index in [4.69, 9.17) is 9.47 Å². The van der Waals surface area contributed by atoms with Gasteiger partial charge >= 0.3 is 5.97 Å². The summed E-state index contributed by atoms with van der Waals surface area (Å²) in [6.07, 6.45) is 0.0363. The fourth-order valence-electron chi connectivity index (χ4n) is 4.15. The van der Waals surface area contributed by atoms with E-state index in [9.17, 15) is 23.2 Å². The van der Waals surface area contributed by atoms with Crippen molar-refractivity contribution in [2.45, 2.75) is 25.1 Å². The third-order valence-corrected chi connectivity index (χ3v) is 5.61. The lowest BCUT2D eigenvalue weighted by Crippen LogP contribution is -2.68. The first-order valence-corrected chi connectivity index (χ1v) is 9.75. The third kappa shape index (κ3) is 3.25. The van der Waals surface area contributed by atoms with Crippen molar-refractivity contribution < 1.29 is 32.6 Å². The fourth-order valence-corrected chi connectivity index (χ4v) is 4.15. The maximum Gasteiger partial charge on any atom is 0.354 e. The highest BCUT2D eigenvalue weighted by atomic mass is 19.2. The van der Waals surface area contributed by atoms with E-state index < -0.39 is 35.8 Å². The Kier molecular flexibility index (Phi) is 5.45. The van der Waals surface area contributed by atoms with Crippen LogP contribution in [0.1, 0.15) is 28.8 Å². The van der Waals surface area contributed by atoms with Crippen molar-refractivity contribution in [3.8, 4) is 0 Å². The number of carbonyl (C=O) groups excluding carboxylic acids is 3.